The lowest BCUT2D eigenvalue weighted by Crippen LogP contribution is -2.49. The van der Waals surface area contributed by atoms with E-state index in [2.05, 4.69) is 15.6 Å². The van der Waals surface area contributed by atoms with Crippen LogP contribution in [0.4, 0.5) is 14.9 Å². The van der Waals surface area contributed by atoms with Crippen molar-refractivity contribution in [3.8, 4) is 11.1 Å². The lowest BCUT2D eigenvalue weighted by atomic mass is 9.84. The van der Waals surface area contributed by atoms with Crippen LogP contribution in [0.15, 0.2) is 91.1 Å². The third-order valence-electron chi connectivity index (χ3n) is 6.59. The molecule has 4 aromatic rings. The average molecular weight is 540 g/mol. The fourth-order valence-electron chi connectivity index (χ4n) is 4.60. The van der Waals surface area contributed by atoms with Gasteiger partial charge in [0, 0.05) is 29.1 Å². The van der Waals surface area contributed by atoms with Crippen LogP contribution in [0.5, 0.6) is 0 Å². The molecular weight excluding hydrogens is 505 g/mol. The van der Waals surface area contributed by atoms with E-state index < -0.39 is 35.4 Å². The minimum absolute atomic E-state index is 0.269. The smallest absolute Gasteiger partial charge is 0.408 e. The molecule has 3 aromatic carbocycles. The first-order valence-corrected chi connectivity index (χ1v) is 13.2. The Labute approximate surface area is 234 Å². The summed E-state index contributed by atoms with van der Waals surface area (Å²) < 4.78 is 20.8. The summed E-state index contributed by atoms with van der Waals surface area (Å²) in [6.45, 7) is 9.03. The molecule has 0 unspecified atom stereocenters. The summed E-state index contributed by atoms with van der Waals surface area (Å²) in [5, 5.41) is 5.60. The van der Waals surface area contributed by atoms with E-state index in [9.17, 15) is 9.59 Å². The zero-order valence-electron chi connectivity index (χ0n) is 23.4. The molecule has 0 bridgehead atoms. The van der Waals surface area contributed by atoms with Gasteiger partial charge in [0.1, 0.15) is 17.5 Å². The SMILES string of the molecule is Cc1nccc(-c2ccc(NC(=O)[C@@H](NC(=O)OC(C)(C)C)C(c3ccccc3)c3ccccc3)cc2F)c1C. The van der Waals surface area contributed by atoms with Gasteiger partial charge in [-0.1, -0.05) is 60.7 Å². The van der Waals surface area contributed by atoms with Gasteiger partial charge in [-0.15, -0.1) is 0 Å². The zero-order chi connectivity index (χ0) is 28.9. The number of nitrogens with zero attached hydrogens (tertiary/aromatic N) is 1. The Kier molecular flexibility index (Phi) is 8.63. The normalized spacial score (nSPS) is 12.1. The minimum atomic E-state index is -1.06. The van der Waals surface area contributed by atoms with Gasteiger partial charge in [-0.05, 0) is 81.1 Å². The molecule has 7 heteroatoms. The molecule has 1 aromatic heterocycles. The van der Waals surface area contributed by atoms with Crippen molar-refractivity contribution in [3.63, 3.8) is 0 Å². The number of alkyl carbamates (subject to hydrolysis) is 1. The number of anilines is 1. The topological polar surface area (TPSA) is 80.3 Å². The number of pyridine rings is 1. The predicted molar refractivity (Wildman–Crippen MR) is 156 cm³/mol. The van der Waals surface area contributed by atoms with Crippen molar-refractivity contribution >= 4 is 17.7 Å². The molecule has 0 spiro atoms. The summed E-state index contributed by atoms with van der Waals surface area (Å²) in [5.41, 5.74) is 4.01. The van der Waals surface area contributed by atoms with E-state index in [-0.39, 0.29) is 5.69 Å². The van der Waals surface area contributed by atoms with Gasteiger partial charge in [0.25, 0.3) is 0 Å². The number of aryl methyl sites for hydroxylation is 1. The van der Waals surface area contributed by atoms with Crippen LogP contribution in [-0.2, 0) is 9.53 Å². The molecule has 0 aliphatic carbocycles. The number of amides is 2. The highest BCUT2D eigenvalue weighted by molar-refractivity contribution is 5.98. The lowest BCUT2D eigenvalue weighted by Gasteiger charge is -2.29. The summed E-state index contributed by atoms with van der Waals surface area (Å²) in [6, 6.07) is 24.2. The Morgan fingerprint density at radius 2 is 1.45 bits per heavy atom. The molecule has 40 heavy (non-hydrogen) atoms. The van der Waals surface area contributed by atoms with E-state index in [1.54, 1.807) is 45.2 Å². The number of ether oxygens (including phenoxy) is 1. The molecule has 0 radical (unpaired) electrons. The van der Waals surface area contributed by atoms with Gasteiger partial charge in [0.2, 0.25) is 5.91 Å². The number of benzene rings is 3. The Morgan fingerprint density at radius 3 is 2.00 bits per heavy atom. The molecule has 1 heterocycles. The number of nitrogens with one attached hydrogen (secondary N) is 2. The van der Waals surface area contributed by atoms with Gasteiger partial charge < -0.3 is 15.4 Å². The number of hydrogen-bond acceptors (Lipinski definition) is 4. The van der Waals surface area contributed by atoms with Crippen molar-refractivity contribution in [3.05, 3.63) is 119 Å². The molecule has 0 saturated carbocycles. The van der Waals surface area contributed by atoms with Crippen LogP contribution in [0, 0.1) is 19.7 Å². The van der Waals surface area contributed by atoms with E-state index >= 15 is 4.39 Å². The monoisotopic (exact) mass is 539 g/mol. The third-order valence-corrected chi connectivity index (χ3v) is 6.59. The van der Waals surface area contributed by atoms with Crippen LogP contribution in [0.2, 0.25) is 0 Å². The zero-order valence-corrected chi connectivity index (χ0v) is 23.4. The highest BCUT2D eigenvalue weighted by Crippen LogP contribution is 2.31. The summed E-state index contributed by atoms with van der Waals surface area (Å²) >= 11 is 0. The number of aromatic nitrogens is 1. The molecule has 1 atom stereocenters. The number of rotatable bonds is 7. The molecule has 6 nitrogen and oxygen atoms in total. The number of carbonyl (C=O) groups excluding carboxylic acids is 2. The van der Waals surface area contributed by atoms with Gasteiger partial charge in [0.05, 0.1) is 0 Å². The van der Waals surface area contributed by atoms with Crippen molar-refractivity contribution in [2.75, 3.05) is 5.32 Å². The van der Waals surface area contributed by atoms with Crippen LogP contribution in [-0.4, -0.2) is 28.6 Å². The average Bonchev–Trinajstić information content (AvgIpc) is 2.90. The Balaban J connectivity index is 1.70. The second kappa shape index (κ2) is 12.1. The second-order valence-electron chi connectivity index (χ2n) is 10.7. The molecule has 4 rings (SSSR count). The molecule has 0 aliphatic rings. The molecule has 2 N–H and O–H groups in total. The third kappa shape index (κ3) is 6.91. The first-order chi connectivity index (χ1) is 19.0. The molecule has 206 valence electrons. The first kappa shape index (κ1) is 28.5. The summed E-state index contributed by atoms with van der Waals surface area (Å²) in [6.07, 6.45) is 0.919. The minimum Gasteiger partial charge on any atom is -0.444 e. The molecule has 2 amide bonds. The Hall–Kier alpha value is -4.52. The van der Waals surface area contributed by atoms with Crippen molar-refractivity contribution in [2.24, 2.45) is 0 Å². The van der Waals surface area contributed by atoms with Crippen LogP contribution < -0.4 is 10.6 Å². The van der Waals surface area contributed by atoms with E-state index in [1.807, 2.05) is 74.5 Å². The van der Waals surface area contributed by atoms with Gasteiger partial charge >= 0.3 is 6.09 Å². The maximum absolute atomic E-state index is 15.3. The lowest BCUT2D eigenvalue weighted by molar-refractivity contribution is -0.118. The Morgan fingerprint density at radius 1 is 0.850 bits per heavy atom. The maximum atomic E-state index is 15.3. The fraction of sp³-hybridized carbons (Fsp3) is 0.242. The second-order valence-corrected chi connectivity index (χ2v) is 10.7. The Bertz CT molecular complexity index is 1440. The van der Waals surface area contributed by atoms with Crippen molar-refractivity contribution in [1.82, 2.24) is 10.3 Å². The largest absolute Gasteiger partial charge is 0.444 e. The number of halogens is 1. The van der Waals surface area contributed by atoms with E-state index in [1.165, 1.54) is 6.07 Å². The predicted octanol–water partition coefficient (Wildman–Crippen LogP) is 7.17. The van der Waals surface area contributed by atoms with Crippen molar-refractivity contribution in [1.29, 1.82) is 0 Å². The molecule has 0 fully saturated rings. The standard InChI is InChI=1S/C33H34FN3O3/c1-21-22(2)35-19-18-26(21)27-17-16-25(20-28(27)34)36-31(38)30(37-32(39)40-33(3,4)5)29(23-12-8-6-9-13-23)24-14-10-7-11-15-24/h6-20,29-30H,1-5H3,(H,36,38)(H,37,39)/t30-/m0/s1. The summed E-state index contributed by atoms with van der Waals surface area (Å²) in [7, 11) is 0. The summed E-state index contributed by atoms with van der Waals surface area (Å²) in [4.78, 5) is 31.0. The first-order valence-electron chi connectivity index (χ1n) is 13.2. The highest BCUT2D eigenvalue weighted by atomic mass is 19.1. The quantitative estimate of drug-likeness (QED) is 0.261. The van der Waals surface area contributed by atoms with Crippen molar-refractivity contribution < 1.29 is 18.7 Å². The van der Waals surface area contributed by atoms with Crippen LogP contribution in [0.25, 0.3) is 11.1 Å². The number of carbonyl (C=O) groups is 2. The molecular formula is C33H34FN3O3. The maximum Gasteiger partial charge on any atom is 0.408 e. The van der Waals surface area contributed by atoms with E-state index in [0.29, 0.717) is 5.56 Å². The van der Waals surface area contributed by atoms with Crippen LogP contribution >= 0.6 is 0 Å². The van der Waals surface area contributed by atoms with Crippen LogP contribution in [0.3, 0.4) is 0 Å². The molecule has 0 saturated heterocycles. The van der Waals surface area contributed by atoms with Gasteiger partial charge in [0.15, 0.2) is 0 Å². The number of hydrogen-bond donors (Lipinski definition) is 2. The van der Waals surface area contributed by atoms with Gasteiger partial charge in [-0.3, -0.25) is 9.78 Å². The van der Waals surface area contributed by atoms with Gasteiger partial charge in [-0.2, -0.15) is 0 Å². The van der Waals surface area contributed by atoms with E-state index in [4.69, 9.17) is 4.74 Å². The highest BCUT2D eigenvalue weighted by Gasteiger charge is 2.34. The fourth-order valence-corrected chi connectivity index (χ4v) is 4.60. The summed E-state index contributed by atoms with van der Waals surface area (Å²) in [5.74, 6) is -1.53. The van der Waals surface area contributed by atoms with E-state index in [0.717, 1.165) is 27.9 Å². The molecule has 0 aliphatic heterocycles. The van der Waals surface area contributed by atoms with Crippen LogP contribution in [0.1, 0.15) is 49.1 Å². The van der Waals surface area contributed by atoms with Crippen molar-refractivity contribution in [2.45, 2.75) is 52.2 Å². The van der Waals surface area contributed by atoms with Gasteiger partial charge in [-0.25, -0.2) is 9.18 Å².